The molecule has 1 amide bonds. The quantitative estimate of drug-likeness (QED) is 0.386. The Hall–Kier alpha value is -4.19. The van der Waals surface area contributed by atoms with Crippen LogP contribution in [0.25, 0.3) is 16.9 Å². The maximum absolute atomic E-state index is 13.5. The number of esters is 1. The van der Waals surface area contributed by atoms with Crippen LogP contribution in [0.3, 0.4) is 0 Å². The van der Waals surface area contributed by atoms with Crippen LogP contribution in [0.5, 0.6) is 0 Å². The van der Waals surface area contributed by atoms with Crippen LogP contribution in [0.1, 0.15) is 45.9 Å². The molecular formula is C27H23N3O3. The van der Waals surface area contributed by atoms with E-state index in [0.717, 1.165) is 17.7 Å². The van der Waals surface area contributed by atoms with Crippen LogP contribution in [-0.2, 0) is 4.74 Å². The molecule has 6 nitrogen and oxygen atoms in total. The number of amides is 1. The van der Waals surface area contributed by atoms with Gasteiger partial charge in [0.1, 0.15) is 11.3 Å². The van der Waals surface area contributed by atoms with Gasteiger partial charge in [0.2, 0.25) is 6.23 Å². The second-order valence-corrected chi connectivity index (χ2v) is 7.88. The Morgan fingerprint density at radius 2 is 1.61 bits per heavy atom. The number of rotatable bonds is 6. The molecule has 1 aliphatic rings. The van der Waals surface area contributed by atoms with E-state index in [1.807, 2.05) is 85.8 Å². The molecule has 6 heteroatoms. The van der Waals surface area contributed by atoms with Crippen molar-refractivity contribution in [3.63, 3.8) is 0 Å². The maximum Gasteiger partial charge on any atom is 0.344 e. The molecule has 5 rings (SSSR count). The van der Waals surface area contributed by atoms with E-state index >= 15 is 0 Å². The predicted octanol–water partition coefficient (Wildman–Crippen LogP) is 5.26. The van der Waals surface area contributed by atoms with E-state index in [-0.39, 0.29) is 5.91 Å². The smallest absolute Gasteiger partial charge is 0.344 e. The normalized spacial score (nSPS) is 14.9. The van der Waals surface area contributed by atoms with Crippen LogP contribution in [0.2, 0.25) is 0 Å². The molecule has 1 aromatic heterocycles. The van der Waals surface area contributed by atoms with Crippen LogP contribution in [0.4, 0.5) is 0 Å². The number of aromatic nitrogens is 2. The van der Waals surface area contributed by atoms with Crippen LogP contribution in [0.15, 0.2) is 91.1 Å². The zero-order valence-corrected chi connectivity index (χ0v) is 18.2. The molecule has 3 aromatic carbocycles. The lowest BCUT2D eigenvalue weighted by Gasteiger charge is -2.24. The molecule has 0 bridgehead atoms. The van der Waals surface area contributed by atoms with Gasteiger partial charge < -0.3 is 4.74 Å². The van der Waals surface area contributed by atoms with Gasteiger partial charge in [-0.1, -0.05) is 73.7 Å². The third kappa shape index (κ3) is 3.80. The highest BCUT2D eigenvalue weighted by Gasteiger charge is 2.39. The van der Waals surface area contributed by atoms with E-state index in [0.29, 0.717) is 28.9 Å². The number of hydrogen-bond acceptors (Lipinski definition) is 4. The largest absolute Gasteiger partial charge is 0.433 e. The number of benzene rings is 3. The highest BCUT2D eigenvalue weighted by molar-refractivity contribution is 6.00. The van der Waals surface area contributed by atoms with Crippen molar-refractivity contribution in [3.05, 3.63) is 108 Å². The minimum absolute atomic E-state index is 0.117. The van der Waals surface area contributed by atoms with Crippen LogP contribution < -0.4 is 0 Å². The second-order valence-electron chi connectivity index (χ2n) is 7.88. The van der Waals surface area contributed by atoms with Gasteiger partial charge >= 0.3 is 5.97 Å². The molecular weight excluding hydrogens is 414 g/mol. The molecule has 164 valence electrons. The maximum atomic E-state index is 13.5. The first kappa shape index (κ1) is 20.7. The summed E-state index contributed by atoms with van der Waals surface area (Å²) in [4.78, 5) is 28.0. The van der Waals surface area contributed by atoms with Gasteiger partial charge in [-0.15, -0.1) is 0 Å². The van der Waals surface area contributed by atoms with Gasteiger partial charge in [0, 0.05) is 29.4 Å². The Morgan fingerprint density at radius 3 is 2.33 bits per heavy atom. The molecule has 0 N–H and O–H groups in total. The van der Waals surface area contributed by atoms with Gasteiger partial charge in [-0.2, -0.15) is 5.10 Å². The minimum Gasteiger partial charge on any atom is -0.433 e. The van der Waals surface area contributed by atoms with Crippen LogP contribution >= 0.6 is 0 Å². The number of fused-ring (bicyclic) bond motifs is 1. The lowest BCUT2D eigenvalue weighted by Crippen LogP contribution is -2.31. The molecule has 0 saturated carbocycles. The van der Waals surface area contributed by atoms with Crippen molar-refractivity contribution in [1.82, 2.24) is 14.7 Å². The van der Waals surface area contributed by atoms with Crippen LogP contribution in [0, 0.1) is 0 Å². The molecule has 4 aromatic rings. The number of ether oxygens (including phenoxy) is 1. The van der Waals surface area contributed by atoms with E-state index in [1.165, 1.54) is 0 Å². The first-order valence-corrected chi connectivity index (χ1v) is 11.0. The van der Waals surface area contributed by atoms with Gasteiger partial charge in [0.05, 0.1) is 5.69 Å². The highest BCUT2D eigenvalue weighted by Crippen LogP contribution is 2.36. The molecule has 2 heterocycles. The zero-order valence-electron chi connectivity index (χ0n) is 18.2. The van der Waals surface area contributed by atoms with Crippen molar-refractivity contribution in [1.29, 1.82) is 0 Å². The standard InChI is InChI=1S/C27H23N3O3/c1-2-17-29-25(31)21-15-9-10-16-22(21)26(29)33-27(32)23-18-30(20-13-7-4-8-14-20)28-24(23)19-11-5-3-6-12-19/h3-16,18,26H,2,17H2,1H3/t26-/m1/s1. The van der Waals surface area contributed by atoms with Crippen molar-refractivity contribution in [2.24, 2.45) is 0 Å². The first-order valence-electron chi connectivity index (χ1n) is 11.0. The van der Waals surface area contributed by atoms with Gasteiger partial charge in [0.25, 0.3) is 5.91 Å². The summed E-state index contributed by atoms with van der Waals surface area (Å²) in [7, 11) is 0. The molecule has 0 spiro atoms. The van der Waals surface area contributed by atoms with Gasteiger partial charge in [-0.05, 0) is 24.6 Å². The fourth-order valence-electron chi connectivity index (χ4n) is 4.13. The molecule has 0 unspecified atom stereocenters. The van der Waals surface area contributed by atoms with E-state index in [9.17, 15) is 9.59 Å². The summed E-state index contributed by atoms with van der Waals surface area (Å²) in [6, 6.07) is 26.4. The number of carbonyl (C=O) groups excluding carboxylic acids is 2. The monoisotopic (exact) mass is 437 g/mol. The SMILES string of the molecule is CCCN1C(=O)c2ccccc2[C@H]1OC(=O)c1cn(-c2ccccc2)nc1-c1ccccc1. The average molecular weight is 437 g/mol. The summed E-state index contributed by atoms with van der Waals surface area (Å²) in [5.41, 5.74) is 3.81. The second kappa shape index (κ2) is 8.74. The fourth-order valence-corrected chi connectivity index (χ4v) is 4.13. The van der Waals surface area contributed by atoms with Crippen molar-refractivity contribution in [2.45, 2.75) is 19.6 Å². The highest BCUT2D eigenvalue weighted by atomic mass is 16.6. The Bertz CT molecular complexity index is 1300. The molecule has 0 radical (unpaired) electrons. The van der Waals surface area contributed by atoms with E-state index in [4.69, 9.17) is 9.84 Å². The van der Waals surface area contributed by atoms with Gasteiger partial charge in [-0.25, -0.2) is 9.48 Å². The zero-order chi connectivity index (χ0) is 22.8. The molecule has 0 fully saturated rings. The number of nitrogens with zero attached hydrogens (tertiary/aromatic N) is 3. The van der Waals surface area contributed by atoms with E-state index < -0.39 is 12.2 Å². The fraction of sp³-hybridized carbons (Fsp3) is 0.148. The summed E-state index contributed by atoms with van der Waals surface area (Å²) >= 11 is 0. The van der Waals surface area contributed by atoms with Crippen molar-refractivity contribution < 1.29 is 14.3 Å². The molecule has 1 aliphatic heterocycles. The number of hydrogen-bond donors (Lipinski definition) is 0. The Labute approximate surface area is 192 Å². The summed E-state index contributed by atoms with van der Waals surface area (Å²) in [5, 5.41) is 4.70. The van der Waals surface area contributed by atoms with Gasteiger partial charge in [-0.3, -0.25) is 9.69 Å². The van der Waals surface area contributed by atoms with E-state index in [2.05, 4.69) is 0 Å². The topological polar surface area (TPSA) is 64.4 Å². The minimum atomic E-state index is -0.759. The number of carbonyl (C=O) groups is 2. The van der Waals surface area contributed by atoms with Crippen molar-refractivity contribution >= 4 is 11.9 Å². The van der Waals surface area contributed by atoms with Crippen molar-refractivity contribution in [2.75, 3.05) is 6.54 Å². The van der Waals surface area contributed by atoms with Crippen molar-refractivity contribution in [3.8, 4) is 16.9 Å². The molecule has 1 atom stereocenters. The lowest BCUT2D eigenvalue weighted by atomic mass is 10.1. The summed E-state index contributed by atoms with van der Waals surface area (Å²) in [6.45, 7) is 2.49. The summed E-state index contributed by atoms with van der Waals surface area (Å²) in [6.07, 6.45) is 1.69. The number of para-hydroxylation sites is 1. The Kier molecular flexibility index (Phi) is 5.48. The molecule has 33 heavy (non-hydrogen) atoms. The first-order chi connectivity index (χ1) is 16.2. The summed E-state index contributed by atoms with van der Waals surface area (Å²) in [5.74, 6) is -0.639. The summed E-state index contributed by atoms with van der Waals surface area (Å²) < 4.78 is 7.66. The molecule has 0 saturated heterocycles. The lowest BCUT2D eigenvalue weighted by molar-refractivity contribution is -0.0184. The predicted molar refractivity (Wildman–Crippen MR) is 125 cm³/mol. The Balaban J connectivity index is 1.54. The van der Waals surface area contributed by atoms with Gasteiger partial charge in [0.15, 0.2) is 0 Å². The molecule has 0 aliphatic carbocycles. The average Bonchev–Trinajstić information content (AvgIpc) is 3.42. The third-order valence-corrected chi connectivity index (χ3v) is 5.69. The van der Waals surface area contributed by atoms with Crippen LogP contribution in [-0.4, -0.2) is 33.1 Å². The van der Waals surface area contributed by atoms with E-state index in [1.54, 1.807) is 21.8 Å². The third-order valence-electron chi connectivity index (χ3n) is 5.69. The Morgan fingerprint density at radius 1 is 0.939 bits per heavy atom.